The number of rotatable bonds is 4. The molecular formula is C11H10FNO3. The average molecular weight is 223 g/mol. The summed E-state index contributed by atoms with van der Waals surface area (Å²) < 4.78 is 18.3. The van der Waals surface area contributed by atoms with Crippen LogP contribution in [0.4, 0.5) is 4.39 Å². The van der Waals surface area contributed by atoms with Gasteiger partial charge in [0.2, 0.25) is 0 Å². The van der Waals surface area contributed by atoms with Crippen LogP contribution in [-0.2, 0) is 4.79 Å². The Hall–Kier alpha value is -2.09. The van der Waals surface area contributed by atoms with Gasteiger partial charge in [-0.3, -0.25) is 0 Å². The Labute approximate surface area is 91.9 Å². The van der Waals surface area contributed by atoms with E-state index >= 15 is 0 Å². The molecule has 4 nitrogen and oxygen atoms in total. The minimum atomic E-state index is -1.15. The normalized spacial score (nSPS) is 11.6. The van der Waals surface area contributed by atoms with Gasteiger partial charge in [-0.25, -0.2) is 9.18 Å². The summed E-state index contributed by atoms with van der Waals surface area (Å²) in [5.41, 5.74) is 0.160. The zero-order valence-electron chi connectivity index (χ0n) is 8.61. The molecule has 1 unspecified atom stereocenters. The van der Waals surface area contributed by atoms with Crippen molar-refractivity contribution in [1.82, 2.24) is 0 Å². The van der Waals surface area contributed by atoms with Crippen molar-refractivity contribution >= 4 is 5.97 Å². The molecule has 5 heteroatoms. The summed E-state index contributed by atoms with van der Waals surface area (Å²) in [6.45, 7) is 1.63. The highest BCUT2D eigenvalue weighted by Gasteiger charge is 2.18. The number of halogens is 1. The highest BCUT2D eigenvalue weighted by molar-refractivity contribution is 5.72. The first-order chi connectivity index (χ1) is 7.58. The van der Waals surface area contributed by atoms with Gasteiger partial charge in [-0.15, -0.1) is 0 Å². The van der Waals surface area contributed by atoms with Crippen LogP contribution >= 0.6 is 0 Å². The van der Waals surface area contributed by atoms with Crippen LogP contribution in [0.5, 0.6) is 5.75 Å². The molecule has 1 atom stereocenters. The van der Waals surface area contributed by atoms with E-state index in [0.717, 1.165) is 6.07 Å². The van der Waals surface area contributed by atoms with Gasteiger partial charge in [0.1, 0.15) is 0 Å². The van der Waals surface area contributed by atoms with E-state index in [9.17, 15) is 9.18 Å². The van der Waals surface area contributed by atoms with Gasteiger partial charge >= 0.3 is 5.97 Å². The molecule has 16 heavy (non-hydrogen) atoms. The van der Waals surface area contributed by atoms with Crippen LogP contribution in [-0.4, -0.2) is 17.2 Å². The van der Waals surface area contributed by atoms with Crippen molar-refractivity contribution in [2.24, 2.45) is 0 Å². The Bertz CT molecular complexity index is 439. The molecule has 0 aliphatic rings. The van der Waals surface area contributed by atoms with Gasteiger partial charge in [-0.1, -0.05) is 6.92 Å². The van der Waals surface area contributed by atoms with Crippen molar-refractivity contribution in [3.63, 3.8) is 0 Å². The van der Waals surface area contributed by atoms with Crippen LogP contribution < -0.4 is 4.74 Å². The molecule has 0 bridgehead atoms. The fourth-order valence-corrected chi connectivity index (χ4v) is 1.13. The predicted molar refractivity (Wildman–Crippen MR) is 53.5 cm³/mol. The highest BCUT2D eigenvalue weighted by Crippen LogP contribution is 2.20. The zero-order valence-corrected chi connectivity index (χ0v) is 8.61. The van der Waals surface area contributed by atoms with Gasteiger partial charge < -0.3 is 9.84 Å². The van der Waals surface area contributed by atoms with Crippen LogP contribution in [0.2, 0.25) is 0 Å². The first-order valence-electron chi connectivity index (χ1n) is 4.67. The molecule has 0 aliphatic carbocycles. The molecule has 0 aromatic heterocycles. The zero-order chi connectivity index (χ0) is 12.1. The summed E-state index contributed by atoms with van der Waals surface area (Å²) in [6.07, 6.45) is -0.850. The Balaban J connectivity index is 2.90. The van der Waals surface area contributed by atoms with Gasteiger partial charge in [0.05, 0.1) is 11.6 Å². The van der Waals surface area contributed by atoms with Crippen molar-refractivity contribution in [1.29, 1.82) is 5.26 Å². The molecule has 1 rings (SSSR count). The molecule has 0 aliphatic heterocycles. The summed E-state index contributed by atoms with van der Waals surface area (Å²) >= 11 is 0. The maximum absolute atomic E-state index is 13.3. The van der Waals surface area contributed by atoms with E-state index in [0.29, 0.717) is 0 Å². The largest absolute Gasteiger partial charge is 0.479 e. The smallest absolute Gasteiger partial charge is 0.344 e. The quantitative estimate of drug-likeness (QED) is 0.846. The van der Waals surface area contributed by atoms with Crippen molar-refractivity contribution < 1.29 is 19.0 Å². The summed E-state index contributed by atoms with van der Waals surface area (Å²) in [5.74, 6) is -2.04. The lowest BCUT2D eigenvalue weighted by atomic mass is 10.2. The fourth-order valence-electron chi connectivity index (χ4n) is 1.13. The minimum absolute atomic E-state index is 0.159. The van der Waals surface area contributed by atoms with E-state index in [2.05, 4.69) is 0 Å². The van der Waals surface area contributed by atoms with Crippen molar-refractivity contribution in [3.8, 4) is 11.8 Å². The molecule has 0 amide bonds. The molecule has 0 saturated heterocycles. The van der Waals surface area contributed by atoms with E-state index in [4.69, 9.17) is 15.1 Å². The number of hydrogen-bond donors (Lipinski definition) is 1. The molecule has 0 radical (unpaired) electrons. The number of carboxylic acid groups (broad SMARTS) is 1. The fraction of sp³-hybridized carbons (Fsp3) is 0.273. The molecule has 84 valence electrons. The Morgan fingerprint density at radius 2 is 2.38 bits per heavy atom. The topological polar surface area (TPSA) is 70.3 Å². The van der Waals surface area contributed by atoms with Gasteiger partial charge in [0, 0.05) is 0 Å². The van der Waals surface area contributed by atoms with E-state index in [1.807, 2.05) is 0 Å². The number of aliphatic carboxylic acids is 1. The number of nitriles is 1. The van der Waals surface area contributed by atoms with Gasteiger partial charge in [0.25, 0.3) is 0 Å². The van der Waals surface area contributed by atoms with E-state index in [1.165, 1.54) is 12.1 Å². The van der Waals surface area contributed by atoms with Crippen LogP contribution in [0, 0.1) is 17.1 Å². The van der Waals surface area contributed by atoms with Crippen molar-refractivity contribution in [2.75, 3.05) is 0 Å². The molecule has 0 spiro atoms. The van der Waals surface area contributed by atoms with E-state index < -0.39 is 17.9 Å². The summed E-state index contributed by atoms with van der Waals surface area (Å²) in [6, 6.07) is 5.39. The third kappa shape index (κ3) is 2.70. The summed E-state index contributed by atoms with van der Waals surface area (Å²) in [4.78, 5) is 10.7. The second kappa shape index (κ2) is 5.12. The number of nitrogens with zero attached hydrogens (tertiary/aromatic N) is 1. The first-order valence-corrected chi connectivity index (χ1v) is 4.67. The third-order valence-electron chi connectivity index (χ3n) is 1.98. The van der Waals surface area contributed by atoms with E-state index in [-0.39, 0.29) is 17.7 Å². The number of hydrogen-bond acceptors (Lipinski definition) is 3. The lowest BCUT2D eigenvalue weighted by Gasteiger charge is -2.13. The van der Waals surface area contributed by atoms with Crippen molar-refractivity contribution in [2.45, 2.75) is 19.4 Å². The maximum atomic E-state index is 13.3. The van der Waals surface area contributed by atoms with Crippen LogP contribution in [0.3, 0.4) is 0 Å². The molecule has 1 aromatic rings. The average Bonchev–Trinajstić information content (AvgIpc) is 2.26. The number of benzene rings is 1. The maximum Gasteiger partial charge on any atom is 0.344 e. The lowest BCUT2D eigenvalue weighted by Crippen LogP contribution is -2.26. The highest BCUT2D eigenvalue weighted by atomic mass is 19.1. The summed E-state index contributed by atoms with van der Waals surface area (Å²) in [5, 5.41) is 17.2. The molecule has 1 aromatic carbocycles. The molecule has 1 N–H and O–H groups in total. The van der Waals surface area contributed by atoms with Crippen molar-refractivity contribution in [3.05, 3.63) is 29.6 Å². The van der Waals surface area contributed by atoms with Crippen LogP contribution in [0.15, 0.2) is 18.2 Å². The predicted octanol–water partition coefficient (Wildman–Crippen LogP) is 1.94. The van der Waals surface area contributed by atoms with E-state index in [1.54, 1.807) is 13.0 Å². The molecule has 0 fully saturated rings. The second-order valence-corrected chi connectivity index (χ2v) is 3.11. The first kappa shape index (κ1) is 12.0. The Morgan fingerprint density at radius 1 is 1.69 bits per heavy atom. The minimum Gasteiger partial charge on any atom is -0.479 e. The Kier molecular flexibility index (Phi) is 3.84. The van der Waals surface area contributed by atoms with Gasteiger partial charge in [0.15, 0.2) is 17.7 Å². The SMILES string of the molecule is CCC(Oc1ccc(C#N)cc1F)C(=O)O. The summed E-state index contributed by atoms with van der Waals surface area (Å²) in [7, 11) is 0. The third-order valence-corrected chi connectivity index (χ3v) is 1.98. The van der Waals surface area contributed by atoms with Gasteiger partial charge in [-0.05, 0) is 24.6 Å². The second-order valence-electron chi connectivity index (χ2n) is 3.11. The Morgan fingerprint density at radius 3 is 2.81 bits per heavy atom. The van der Waals surface area contributed by atoms with Crippen LogP contribution in [0.1, 0.15) is 18.9 Å². The lowest BCUT2D eigenvalue weighted by molar-refractivity contribution is -0.145. The molecule has 0 heterocycles. The monoisotopic (exact) mass is 223 g/mol. The number of ether oxygens (including phenoxy) is 1. The number of carbonyl (C=O) groups is 1. The number of carboxylic acids is 1. The standard InChI is InChI=1S/C11H10FNO3/c1-2-9(11(14)15)16-10-4-3-7(6-13)5-8(10)12/h3-5,9H,2H2,1H3,(H,14,15). The molecule has 0 saturated carbocycles. The van der Waals surface area contributed by atoms with Gasteiger partial charge in [-0.2, -0.15) is 5.26 Å². The van der Waals surface area contributed by atoms with Crippen LogP contribution in [0.25, 0.3) is 0 Å². The molecular weight excluding hydrogens is 213 g/mol.